The molecule has 0 radical (unpaired) electrons. The second-order valence-electron chi connectivity index (χ2n) is 4.25. The fourth-order valence-corrected chi connectivity index (χ4v) is 2.84. The first-order chi connectivity index (χ1) is 9.58. The van der Waals surface area contributed by atoms with E-state index in [1.54, 1.807) is 18.8 Å². The molecule has 1 atom stereocenters. The summed E-state index contributed by atoms with van der Waals surface area (Å²) in [6.45, 7) is 0. The quantitative estimate of drug-likeness (QED) is 0.625. The van der Waals surface area contributed by atoms with Crippen molar-refractivity contribution in [1.82, 2.24) is 5.32 Å². The molecular formula is C15H14BrF2NS. The van der Waals surface area contributed by atoms with Gasteiger partial charge >= 0.3 is 0 Å². The summed E-state index contributed by atoms with van der Waals surface area (Å²) in [5.74, 6) is -1.13. The summed E-state index contributed by atoms with van der Waals surface area (Å²) in [6.07, 6.45) is 1.98. The minimum absolute atomic E-state index is 0.0266. The zero-order valence-corrected chi connectivity index (χ0v) is 13.5. The zero-order valence-electron chi connectivity index (χ0n) is 11.1. The SMILES string of the molecule is CNC(c1ccc(SC)cc1)c1c(F)ccc(Br)c1F. The molecule has 2 rings (SSSR count). The Bertz CT molecular complexity index is 602. The first kappa shape index (κ1) is 15.5. The monoisotopic (exact) mass is 357 g/mol. The summed E-state index contributed by atoms with van der Waals surface area (Å²) in [4.78, 5) is 1.11. The molecule has 0 aromatic heterocycles. The highest BCUT2D eigenvalue weighted by Crippen LogP contribution is 2.31. The van der Waals surface area contributed by atoms with Gasteiger partial charge in [-0.3, -0.25) is 0 Å². The molecule has 0 spiro atoms. The van der Waals surface area contributed by atoms with Crippen molar-refractivity contribution in [2.45, 2.75) is 10.9 Å². The standard InChI is InChI=1S/C15H14BrF2NS/c1-19-15(9-3-5-10(20-2)6-4-9)13-12(17)8-7-11(16)14(13)18/h3-8,15,19H,1-2H3. The van der Waals surface area contributed by atoms with Gasteiger partial charge in [0.2, 0.25) is 0 Å². The van der Waals surface area contributed by atoms with E-state index in [1.165, 1.54) is 12.1 Å². The van der Waals surface area contributed by atoms with Gasteiger partial charge < -0.3 is 5.32 Å². The van der Waals surface area contributed by atoms with Gasteiger partial charge in [0, 0.05) is 10.5 Å². The largest absolute Gasteiger partial charge is 0.309 e. The van der Waals surface area contributed by atoms with Crippen molar-refractivity contribution in [2.24, 2.45) is 0 Å². The molecule has 0 bridgehead atoms. The summed E-state index contributed by atoms with van der Waals surface area (Å²) in [6, 6.07) is 9.76. The lowest BCUT2D eigenvalue weighted by atomic mass is 9.98. The van der Waals surface area contributed by atoms with Crippen molar-refractivity contribution >= 4 is 27.7 Å². The third-order valence-electron chi connectivity index (χ3n) is 3.11. The maximum Gasteiger partial charge on any atom is 0.145 e. The highest BCUT2D eigenvalue weighted by atomic mass is 79.9. The van der Waals surface area contributed by atoms with E-state index in [2.05, 4.69) is 21.2 Å². The number of nitrogens with one attached hydrogen (secondary N) is 1. The molecule has 2 aromatic rings. The molecule has 0 saturated heterocycles. The number of hydrogen-bond donors (Lipinski definition) is 1. The molecule has 0 heterocycles. The molecule has 20 heavy (non-hydrogen) atoms. The Balaban J connectivity index is 2.49. The van der Waals surface area contributed by atoms with Crippen LogP contribution in [0.4, 0.5) is 8.78 Å². The molecule has 0 aliphatic rings. The number of halogens is 3. The molecular weight excluding hydrogens is 344 g/mol. The second-order valence-corrected chi connectivity index (χ2v) is 5.99. The van der Waals surface area contributed by atoms with E-state index in [4.69, 9.17) is 0 Å². The van der Waals surface area contributed by atoms with E-state index in [-0.39, 0.29) is 10.0 Å². The first-order valence-electron chi connectivity index (χ1n) is 6.03. The van der Waals surface area contributed by atoms with Gasteiger partial charge in [0.1, 0.15) is 11.6 Å². The average molecular weight is 358 g/mol. The normalized spacial score (nSPS) is 12.4. The van der Waals surface area contributed by atoms with Crippen molar-refractivity contribution in [2.75, 3.05) is 13.3 Å². The minimum Gasteiger partial charge on any atom is -0.309 e. The Morgan fingerprint density at radius 3 is 2.30 bits per heavy atom. The summed E-state index contributed by atoms with van der Waals surface area (Å²) < 4.78 is 28.5. The van der Waals surface area contributed by atoms with Gasteiger partial charge in [0.05, 0.1) is 10.5 Å². The molecule has 1 unspecified atom stereocenters. The summed E-state index contributed by atoms with van der Waals surface area (Å²) in [7, 11) is 1.69. The smallest absolute Gasteiger partial charge is 0.145 e. The van der Waals surface area contributed by atoms with Crippen LogP contribution in [-0.2, 0) is 0 Å². The topological polar surface area (TPSA) is 12.0 Å². The van der Waals surface area contributed by atoms with E-state index >= 15 is 0 Å². The highest BCUT2D eigenvalue weighted by Gasteiger charge is 2.22. The number of benzene rings is 2. The van der Waals surface area contributed by atoms with Gasteiger partial charge in [-0.25, -0.2) is 8.78 Å². The van der Waals surface area contributed by atoms with Crippen molar-refractivity contribution < 1.29 is 8.78 Å². The van der Waals surface area contributed by atoms with Gasteiger partial charge in [0.25, 0.3) is 0 Å². The Morgan fingerprint density at radius 2 is 1.75 bits per heavy atom. The van der Waals surface area contributed by atoms with Crippen LogP contribution in [0.25, 0.3) is 0 Å². The van der Waals surface area contributed by atoms with Crippen LogP contribution in [0.2, 0.25) is 0 Å². The van der Waals surface area contributed by atoms with Crippen LogP contribution < -0.4 is 5.32 Å². The van der Waals surface area contributed by atoms with Crippen LogP contribution in [0.5, 0.6) is 0 Å². The molecule has 0 aliphatic carbocycles. The number of thioether (sulfide) groups is 1. The van der Waals surface area contributed by atoms with Crippen LogP contribution in [0.1, 0.15) is 17.2 Å². The molecule has 5 heteroatoms. The van der Waals surface area contributed by atoms with Crippen molar-refractivity contribution in [1.29, 1.82) is 0 Å². The van der Waals surface area contributed by atoms with Crippen LogP contribution >= 0.6 is 27.7 Å². The van der Waals surface area contributed by atoms with E-state index in [0.29, 0.717) is 0 Å². The van der Waals surface area contributed by atoms with Crippen LogP contribution in [0.15, 0.2) is 45.8 Å². The number of rotatable bonds is 4. The third-order valence-corrected chi connectivity index (χ3v) is 4.46. The van der Waals surface area contributed by atoms with E-state index in [0.717, 1.165) is 10.5 Å². The molecule has 106 valence electrons. The number of hydrogen-bond acceptors (Lipinski definition) is 2. The van der Waals surface area contributed by atoms with Crippen molar-refractivity contribution in [3.63, 3.8) is 0 Å². The lowest BCUT2D eigenvalue weighted by molar-refractivity contribution is 0.518. The van der Waals surface area contributed by atoms with Gasteiger partial charge in [-0.05, 0) is 59.1 Å². The van der Waals surface area contributed by atoms with Gasteiger partial charge in [0.15, 0.2) is 0 Å². The predicted octanol–water partition coefficient (Wildman–Crippen LogP) is 4.76. The predicted molar refractivity (Wildman–Crippen MR) is 83.2 cm³/mol. The molecule has 0 fully saturated rings. The summed E-state index contributed by atoms with van der Waals surface area (Å²) in [5, 5.41) is 2.97. The Morgan fingerprint density at radius 1 is 1.10 bits per heavy atom. The van der Waals surface area contributed by atoms with Crippen LogP contribution in [0.3, 0.4) is 0 Å². The van der Waals surface area contributed by atoms with E-state index in [1.807, 2.05) is 30.5 Å². The summed E-state index contributed by atoms with van der Waals surface area (Å²) >= 11 is 4.73. The Kier molecular flexibility index (Phi) is 5.18. The average Bonchev–Trinajstić information content (AvgIpc) is 2.48. The van der Waals surface area contributed by atoms with Gasteiger partial charge in [-0.1, -0.05) is 12.1 Å². The summed E-state index contributed by atoms with van der Waals surface area (Å²) in [5.41, 5.74) is 0.847. The second kappa shape index (κ2) is 6.70. The Hall–Kier alpha value is -0.910. The molecule has 0 aliphatic heterocycles. The zero-order chi connectivity index (χ0) is 14.7. The minimum atomic E-state index is -0.571. The lowest BCUT2D eigenvalue weighted by Crippen LogP contribution is -2.20. The van der Waals surface area contributed by atoms with Gasteiger partial charge in [-0.15, -0.1) is 11.8 Å². The van der Waals surface area contributed by atoms with Crippen molar-refractivity contribution in [3.05, 3.63) is 63.6 Å². The maximum atomic E-state index is 14.2. The van der Waals surface area contributed by atoms with Crippen molar-refractivity contribution in [3.8, 4) is 0 Å². The Labute approximate surface area is 129 Å². The molecule has 0 saturated carbocycles. The lowest BCUT2D eigenvalue weighted by Gasteiger charge is -2.19. The molecule has 2 aromatic carbocycles. The fourth-order valence-electron chi connectivity index (χ4n) is 2.08. The molecule has 1 nitrogen and oxygen atoms in total. The van der Waals surface area contributed by atoms with E-state index in [9.17, 15) is 8.78 Å². The van der Waals surface area contributed by atoms with Crippen LogP contribution in [0, 0.1) is 11.6 Å². The highest BCUT2D eigenvalue weighted by molar-refractivity contribution is 9.10. The molecule has 0 amide bonds. The first-order valence-corrected chi connectivity index (χ1v) is 8.05. The van der Waals surface area contributed by atoms with E-state index < -0.39 is 17.7 Å². The molecule has 1 N–H and O–H groups in total. The fraction of sp³-hybridized carbons (Fsp3) is 0.200. The van der Waals surface area contributed by atoms with Crippen LogP contribution in [-0.4, -0.2) is 13.3 Å². The third kappa shape index (κ3) is 3.05. The maximum absolute atomic E-state index is 14.2. The van der Waals surface area contributed by atoms with Gasteiger partial charge in [-0.2, -0.15) is 0 Å².